The van der Waals surface area contributed by atoms with Crippen LogP contribution in [0.15, 0.2) is 24.3 Å². The number of rotatable bonds is 9. The van der Waals surface area contributed by atoms with E-state index >= 15 is 0 Å². The van der Waals surface area contributed by atoms with Crippen LogP contribution in [0.1, 0.15) is 52.4 Å². The largest absolute Gasteiger partial charge is 0.479 e. The van der Waals surface area contributed by atoms with E-state index in [1.54, 1.807) is 12.1 Å². The third-order valence-electron chi connectivity index (χ3n) is 4.91. The Hall–Kier alpha value is -1.26. The highest BCUT2D eigenvalue weighted by molar-refractivity contribution is 6.32. The molecule has 0 aromatic heterocycles. The molecule has 1 amide bonds. The first-order chi connectivity index (χ1) is 12.2. The van der Waals surface area contributed by atoms with Crippen LogP contribution in [-0.4, -0.2) is 42.6 Å². The highest BCUT2D eigenvalue weighted by Crippen LogP contribution is 2.25. The van der Waals surface area contributed by atoms with Crippen LogP contribution in [-0.2, 0) is 4.79 Å². The van der Waals surface area contributed by atoms with Crippen molar-refractivity contribution >= 4 is 17.5 Å². The average Bonchev–Trinajstić information content (AvgIpc) is 2.64. The maximum atomic E-state index is 12.4. The molecule has 2 rings (SSSR count). The average molecular weight is 367 g/mol. The van der Waals surface area contributed by atoms with Crippen LogP contribution in [0.3, 0.4) is 0 Å². The summed E-state index contributed by atoms with van der Waals surface area (Å²) in [6.45, 7) is 7.15. The minimum absolute atomic E-state index is 0.0619. The van der Waals surface area contributed by atoms with Gasteiger partial charge in [-0.1, -0.05) is 44.0 Å². The molecule has 1 aromatic carbocycles. The number of piperidine rings is 1. The first-order valence-electron chi connectivity index (χ1n) is 9.58. The molecule has 1 aliphatic rings. The summed E-state index contributed by atoms with van der Waals surface area (Å²) in [5, 5.41) is 3.54. The van der Waals surface area contributed by atoms with Crippen molar-refractivity contribution in [1.82, 2.24) is 10.2 Å². The van der Waals surface area contributed by atoms with Gasteiger partial charge >= 0.3 is 0 Å². The lowest BCUT2D eigenvalue weighted by Crippen LogP contribution is -2.42. The van der Waals surface area contributed by atoms with Crippen molar-refractivity contribution in [2.24, 2.45) is 0 Å². The number of ether oxygens (including phenoxy) is 1. The second kappa shape index (κ2) is 10.7. The molecule has 2 atom stereocenters. The van der Waals surface area contributed by atoms with Crippen molar-refractivity contribution in [2.75, 3.05) is 19.6 Å². The molecule has 0 saturated carbocycles. The van der Waals surface area contributed by atoms with Crippen LogP contribution in [0, 0.1) is 0 Å². The number of nitrogens with one attached hydrogen (secondary N) is 1. The highest BCUT2D eigenvalue weighted by Gasteiger charge is 2.21. The summed E-state index contributed by atoms with van der Waals surface area (Å²) in [4.78, 5) is 14.9. The van der Waals surface area contributed by atoms with Crippen LogP contribution >= 0.6 is 11.6 Å². The van der Waals surface area contributed by atoms with Crippen LogP contribution < -0.4 is 10.1 Å². The Bertz CT molecular complexity index is 538. The topological polar surface area (TPSA) is 41.6 Å². The number of halogens is 1. The van der Waals surface area contributed by atoms with E-state index in [9.17, 15) is 4.79 Å². The van der Waals surface area contributed by atoms with Crippen molar-refractivity contribution in [3.63, 3.8) is 0 Å². The molecular weight excluding hydrogens is 336 g/mol. The number of carbonyl (C=O) groups excluding carboxylic acids is 1. The molecule has 0 radical (unpaired) electrons. The van der Waals surface area contributed by atoms with Gasteiger partial charge in [-0.2, -0.15) is 0 Å². The standard InChI is InChI=1S/C20H31ClN2O2/c1-3-16-10-7-8-14-23(16)15-9-13-22-20(24)18(4-2)25-19-12-6-5-11-17(19)21/h5-6,11-12,16,18H,3-4,7-10,13-15H2,1-2H3,(H,22,24)/t16-,18-/m1/s1. The van der Waals surface area contributed by atoms with Gasteiger partial charge in [-0.25, -0.2) is 0 Å². The summed E-state index contributed by atoms with van der Waals surface area (Å²) in [6, 6.07) is 7.98. The number of likely N-dealkylation sites (tertiary alicyclic amines) is 1. The Morgan fingerprint density at radius 1 is 1.36 bits per heavy atom. The Labute approximate surface area is 156 Å². The molecule has 1 saturated heterocycles. The molecule has 4 nitrogen and oxygen atoms in total. The summed E-state index contributed by atoms with van der Waals surface area (Å²) < 4.78 is 5.78. The van der Waals surface area contributed by atoms with Gasteiger partial charge in [0.15, 0.2) is 6.10 Å². The van der Waals surface area contributed by atoms with Gasteiger partial charge in [0.1, 0.15) is 5.75 Å². The smallest absolute Gasteiger partial charge is 0.261 e. The van der Waals surface area contributed by atoms with Gasteiger partial charge in [-0.05, 0) is 50.8 Å². The molecule has 1 heterocycles. The molecule has 25 heavy (non-hydrogen) atoms. The van der Waals surface area contributed by atoms with E-state index in [1.165, 1.54) is 32.2 Å². The zero-order valence-corrected chi connectivity index (χ0v) is 16.2. The number of benzene rings is 1. The van der Waals surface area contributed by atoms with E-state index in [0.717, 1.165) is 19.0 Å². The normalized spacial score (nSPS) is 19.4. The fraction of sp³-hybridized carbons (Fsp3) is 0.650. The zero-order chi connectivity index (χ0) is 18.1. The van der Waals surface area contributed by atoms with Crippen LogP contribution in [0.4, 0.5) is 0 Å². The lowest BCUT2D eigenvalue weighted by atomic mass is 10.00. The lowest BCUT2D eigenvalue weighted by molar-refractivity contribution is -0.128. The van der Waals surface area contributed by atoms with Gasteiger partial charge in [0.05, 0.1) is 5.02 Å². The number of nitrogens with zero attached hydrogens (tertiary/aromatic N) is 1. The molecule has 5 heteroatoms. The van der Waals surface area contributed by atoms with Crippen LogP contribution in [0.2, 0.25) is 5.02 Å². The minimum Gasteiger partial charge on any atom is -0.479 e. The Morgan fingerprint density at radius 3 is 2.88 bits per heavy atom. The predicted octanol–water partition coefficient (Wildman–Crippen LogP) is 4.27. The second-order valence-corrected chi connectivity index (χ2v) is 7.09. The fourth-order valence-corrected chi connectivity index (χ4v) is 3.62. The number of amides is 1. The van der Waals surface area contributed by atoms with Gasteiger partial charge < -0.3 is 15.0 Å². The van der Waals surface area contributed by atoms with Crippen molar-refractivity contribution < 1.29 is 9.53 Å². The van der Waals surface area contributed by atoms with E-state index in [0.29, 0.717) is 23.7 Å². The fourth-order valence-electron chi connectivity index (χ4n) is 3.44. The summed E-state index contributed by atoms with van der Waals surface area (Å²) in [5.41, 5.74) is 0. The molecule has 0 spiro atoms. The van der Waals surface area contributed by atoms with Crippen molar-refractivity contribution in [1.29, 1.82) is 0 Å². The highest BCUT2D eigenvalue weighted by atomic mass is 35.5. The van der Waals surface area contributed by atoms with Gasteiger partial charge in [0.25, 0.3) is 5.91 Å². The number of carbonyl (C=O) groups is 1. The van der Waals surface area contributed by atoms with Gasteiger partial charge in [-0.15, -0.1) is 0 Å². The summed E-state index contributed by atoms with van der Waals surface area (Å²) in [7, 11) is 0. The molecule has 1 aliphatic heterocycles. The molecular formula is C20H31ClN2O2. The molecule has 0 unspecified atom stereocenters. The molecule has 0 aliphatic carbocycles. The summed E-state index contributed by atoms with van der Waals surface area (Å²) in [6.07, 6.45) is 6.27. The Kier molecular flexibility index (Phi) is 8.56. The van der Waals surface area contributed by atoms with Crippen LogP contribution in [0.25, 0.3) is 0 Å². The quantitative estimate of drug-likeness (QED) is 0.663. The summed E-state index contributed by atoms with van der Waals surface area (Å²) >= 11 is 6.11. The van der Waals surface area contributed by atoms with Crippen molar-refractivity contribution in [3.8, 4) is 5.75 Å². The number of para-hydroxylation sites is 1. The van der Waals surface area contributed by atoms with E-state index in [4.69, 9.17) is 16.3 Å². The third-order valence-corrected chi connectivity index (χ3v) is 5.22. The Morgan fingerprint density at radius 2 is 2.16 bits per heavy atom. The molecule has 1 N–H and O–H groups in total. The first-order valence-corrected chi connectivity index (χ1v) is 9.96. The third kappa shape index (κ3) is 6.19. The number of hydrogen-bond donors (Lipinski definition) is 1. The van der Waals surface area contributed by atoms with Crippen molar-refractivity contribution in [2.45, 2.75) is 64.5 Å². The minimum atomic E-state index is -0.502. The van der Waals surface area contributed by atoms with Crippen molar-refractivity contribution in [3.05, 3.63) is 29.3 Å². The maximum absolute atomic E-state index is 12.4. The second-order valence-electron chi connectivity index (χ2n) is 6.68. The first kappa shape index (κ1) is 20.1. The maximum Gasteiger partial charge on any atom is 0.261 e. The predicted molar refractivity (Wildman–Crippen MR) is 103 cm³/mol. The SMILES string of the molecule is CC[C@@H]1CCCCN1CCCNC(=O)[C@@H](CC)Oc1ccccc1Cl. The van der Waals surface area contributed by atoms with E-state index in [2.05, 4.69) is 17.1 Å². The van der Waals surface area contributed by atoms with E-state index in [1.807, 2.05) is 19.1 Å². The summed E-state index contributed by atoms with van der Waals surface area (Å²) in [5.74, 6) is 0.498. The lowest BCUT2D eigenvalue weighted by Gasteiger charge is -2.35. The molecule has 1 aromatic rings. The van der Waals surface area contributed by atoms with Gasteiger partial charge in [0.2, 0.25) is 0 Å². The monoisotopic (exact) mass is 366 g/mol. The molecule has 1 fully saturated rings. The van der Waals surface area contributed by atoms with E-state index < -0.39 is 6.10 Å². The van der Waals surface area contributed by atoms with Gasteiger partial charge in [-0.3, -0.25) is 4.79 Å². The van der Waals surface area contributed by atoms with Gasteiger partial charge in [0, 0.05) is 19.1 Å². The Balaban J connectivity index is 1.73. The zero-order valence-electron chi connectivity index (χ0n) is 15.5. The number of hydrogen-bond acceptors (Lipinski definition) is 3. The molecule has 140 valence electrons. The molecule has 0 bridgehead atoms. The van der Waals surface area contributed by atoms with Crippen LogP contribution in [0.5, 0.6) is 5.75 Å². The van der Waals surface area contributed by atoms with E-state index in [-0.39, 0.29) is 5.91 Å².